The molecule has 0 bridgehead atoms. The molecule has 21 heavy (non-hydrogen) atoms. The van der Waals surface area contributed by atoms with E-state index in [1.165, 1.54) is 24.3 Å². The molecule has 2 aromatic rings. The van der Waals surface area contributed by atoms with Crippen molar-refractivity contribution in [3.63, 3.8) is 0 Å². The average Bonchev–Trinajstić information content (AvgIpc) is 2.38. The fraction of sp³-hybridized carbons (Fsp3) is 0.0714. The van der Waals surface area contributed by atoms with Crippen LogP contribution in [-0.4, -0.2) is 19.7 Å². The summed E-state index contributed by atoms with van der Waals surface area (Å²) in [5.74, 6) is -0.514. The molecule has 2 rings (SSSR count). The third-order valence-electron chi connectivity index (χ3n) is 2.82. The third-order valence-corrected chi connectivity index (χ3v) is 4.15. The predicted molar refractivity (Wildman–Crippen MR) is 85.1 cm³/mol. The van der Waals surface area contributed by atoms with Crippen molar-refractivity contribution in [2.75, 3.05) is 11.6 Å². The first-order chi connectivity index (χ1) is 9.79. The van der Waals surface area contributed by atoms with Crippen molar-refractivity contribution in [2.45, 2.75) is 4.90 Å². The smallest absolute Gasteiger partial charge is 0.175 e. The van der Waals surface area contributed by atoms with E-state index >= 15 is 0 Å². The van der Waals surface area contributed by atoms with Crippen LogP contribution in [0.25, 0.3) is 0 Å². The van der Waals surface area contributed by atoms with Gasteiger partial charge in [-0.25, -0.2) is 12.8 Å². The van der Waals surface area contributed by atoms with E-state index in [0.29, 0.717) is 11.4 Å². The molecule has 0 atom stereocenters. The molecule has 3 N–H and O–H groups in total. The van der Waals surface area contributed by atoms with E-state index in [4.69, 9.17) is 18.0 Å². The molecule has 0 saturated carbocycles. The molecule has 0 saturated heterocycles. The van der Waals surface area contributed by atoms with Crippen LogP contribution in [0.2, 0.25) is 0 Å². The summed E-state index contributed by atoms with van der Waals surface area (Å²) in [7, 11) is -3.25. The molecule has 0 amide bonds. The first-order valence-corrected chi connectivity index (χ1v) is 8.24. The lowest BCUT2D eigenvalue weighted by atomic mass is 10.1. The number of nitrogens with one attached hydrogen (secondary N) is 1. The van der Waals surface area contributed by atoms with Crippen LogP contribution in [0.3, 0.4) is 0 Å². The topological polar surface area (TPSA) is 72.2 Å². The van der Waals surface area contributed by atoms with Gasteiger partial charge in [0.25, 0.3) is 0 Å². The zero-order valence-electron chi connectivity index (χ0n) is 11.1. The minimum Gasteiger partial charge on any atom is -0.389 e. The second-order valence-corrected chi connectivity index (χ2v) is 6.90. The molecule has 0 heterocycles. The number of nitrogens with two attached hydrogens (primary N) is 1. The van der Waals surface area contributed by atoms with Crippen LogP contribution in [0.15, 0.2) is 47.4 Å². The standard InChI is InChI=1S/C14H13FN2O2S2/c1-21(18,19)10-7-5-9(6-8-10)17-12-4-2-3-11(15)13(12)14(16)20/h2-8,17H,1H3,(H2,16,20). The van der Waals surface area contributed by atoms with Crippen molar-refractivity contribution < 1.29 is 12.8 Å². The van der Waals surface area contributed by atoms with E-state index in [2.05, 4.69) is 5.32 Å². The van der Waals surface area contributed by atoms with Crippen LogP contribution in [0.5, 0.6) is 0 Å². The zero-order valence-corrected chi connectivity index (χ0v) is 12.8. The zero-order chi connectivity index (χ0) is 15.6. The third kappa shape index (κ3) is 3.56. The van der Waals surface area contributed by atoms with Crippen LogP contribution in [0.4, 0.5) is 15.8 Å². The van der Waals surface area contributed by atoms with E-state index in [1.54, 1.807) is 18.2 Å². The van der Waals surface area contributed by atoms with Crippen molar-refractivity contribution in [2.24, 2.45) is 5.73 Å². The molecule has 0 aliphatic rings. The van der Waals surface area contributed by atoms with Crippen LogP contribution in [-0.2, 0) is 9.84 Å². The Morgan fingerprint density at radius 3 is 2.33 bits per heavy atom. The predicted octanol–water partition coefficient (Wildman–Crippen LogP) is 2.61. The Kier molecular flexibility index (Phi) is 4.24. The molecule has 0 aliphatic heterocycles. The fourth-order valence-corrected chi connectivity index (χ4v) is 2.66. The molecular formula is C14H13FN2O2S2. The number of halogens is 1. The minimum atomic E-state index is -3.25. The van der Waals surface area contributed by atoms with Gasteiger partial charge < -0.3 is 11.1 Å². The van der Waals surface area contributed by atoms with Gasteiger partial charge in [0.1, 0.15) is 10.8 Å². The summed E-state index contributed by atoms with van der Waals surface area (Å²) >= 11 is 4.84. The SMILES string of the molecule is CS(=O)(=O)c1ccc(Nc2cccc(F)c2C(N)=S)cc1. The summed E-state index contributed by atoms with van der Waals surface area (Å²) in [6.07, 6.45) is 1.13. The lowest BCUT2D eigenvalue weighted by Gasteiger charge is -2.12. The molecule has 0 unspecified atom stereocenters. The quantitative estimate of drug-likeness (QED) is 0.846. The highest BCUT2D eigenvalue weighted by molar-refractivity contribution is 7.90. The van der Waals surface area contributed by atoms with Gasteiger partial charge in [0.15, 0.2) is 9.84 Å². The Labute approximate surface area is 127 Å². The van der Waals surface area contributed by atoms with Gasteiger partial charge in [-0.2, -0.15) is 0 Å². The van der Waals surface area contributed by atoms with Crippen LogP contribution in [0.1, 0.15) is 5.56 Å². The summed E-state index contributed by atoms with van der Waals surface area (Å²) in [4.78, 5) is 0.158. The number of hydrogen-bond donors (Lipinski definition) is 2. The fourth-order valence-electron chi connectivity index (χ4n) is 1.82. The molecule has 0 aliphatic carbocycles. The molecule has 0 fully saturated rings. The van der Waals surface area contributed by atoms with E-state index in [9.17, 15) is 12.8 Å². The molecule has 0 aromatic heterocycles. The molecule has 4 nitrogen and oxygen atoms in total. The average molecular weight is 324 g/mol. The van der Waals surface area contributed by atoms with Gasteiger partial charge in [-0.3, -0.25) is 0 Å². The van der Waals surface area contributed by atoms with Crippen molar-refractivity contribution >= 4 is 38.4 Å². The summed E-state index contributed by atoms with van der Waals surface area (Å²) in [5.41, 5.74) is 6.67. The Balaban J connectivity index is 2.35. The summed E-state index contributed by atoms with van der Waals surface area (Å²) < 4.78 is 36.5. The van der Waals surface area contributed by atoms with Gasteiger partial charge >= 0.3 is 0 Å². The van der Waals surface area contributed by atoms with Crippen LogP contribution >= 0.6 is 12.2 Å². The molecule has 0 radical (unpaired) electrons. The largest absolute Gasteiger partial charge is 0.389 e. The van der Waals surface area contributed by atoms with Crippen molar-refractivity contribution in [1.82, 2.24) is 0 Å². The first kappa shape index (κ1) is 15.4. The molecule has 0 spiro atoms. The Morgan fingerprint density at radius 2 is 1.81 bits per heavy atom. The van der Waals surface area contributed by atoms with Gasteiger partial charge in [0.05, 0.1) is 16.1 Å². The Morgan fingerprint density at radius 1 is 1.19 bits per heavy atom. The molecule has 2 aromatic carbocycles. The first-order valence-electron chi connectivity index (χ1n) is 5.94. The number of benzene rings is 2. The van der Waals surface area contributed by atoms with E-state index < -0.39 is 15.7 Å². The van der Waals surface area contributed by atoms with Gasteiger partial charge in [-0.15, -0.1) is 0 Å². The second kappa shape index (κ2) is 5.79. The van der Waals surface area contributed by atoms with Gasteiger partial charge in [-0.1, -0.05) is 18.3 Å². The lowest BCUT2D eigenvalue weighted by Crippen LogP contribution is -2.14. The van der Waals surface area contributed by atoms with E-state index in [1.807, 2.05) is 0 Å². The maximum Gasteiger partial charge on any atom is 0.175 e. The van der Waals surface area contributed by atoms with Crippen molar-refractivity contribution in [3.8, 4) is 0 Å². The highest BCUT2D eigenvalue weighted by Gasteiger charge is 2.12. The number of sulfone groups is 1. The lowest BCUT2D eigenvalue weighted by molar-refractivity contribution is 0.602. The van der Waals surface area contributed by atoms with Gasteiger partial charge in [-0.05, 0) is 36.4 Å². The van der Waals surface area contributed by atoms with Crippen LogP contribution < -0.4 is 11.1 Å². The van der Waals surface area contributed by atoms with Crippen molar-refractivity contribution in [3.05, 3.63) is 53.8 Å². The molecular weight excluding hydrogens is 311 g/mol. The normalized spacial score (nSPS) is 11.1. The summed E-state index contributed by atoms with van der Waals surface area (Å²) in [5, 5.41) is 2.97. The number of thiocarbonyl (C=S) groups is 1. The van der Waals surface area contributed by atoms with Crippen LogP contribution in [0, 0.1) is 5.82 Å². The highest BCUT2D eigenvalue weighted by Crippen LogP contribution is 2.24. The van der Waals surface area contributed by atoms with Gasteiger partial charge in [0.2, 0.25) is 0 Å². The maximum atomic E-state index is 13.7. The van der Waals surface area contributed by atoms with Gasteiger partial charge in [0, 0.05) is 11.9 Å². The Bertz CT molecular complexity index is 787. The summed E-state index contributed by atoms with van der Waals surface area (Å²) in [6.45, 7) is 0. The maximum absolute atomic E-state index is 13.7. The van der Waals surface area contributed by atoms with E-state index in [-0.39, 0.29) is 15.4 Å². The molecule has 110 valence electrons. The molecule has 7 heteroatoms. The summed E-state index contributed by atoms with van der Waals surface area (Å²) in [6, 6.07) is 10.6. The number of anilines is 2. The minimum absolute atomic E-state index is 0.0524. The number of hydrogen-bond acceptors (Lipinski definition) is 4. The highest BCUT2D eigenvalue weighted by atomic mass is 32.2. The second-order valence-electron chi connectivity index (χ2n) is 4.45. The van der Waals surface area contributed by atoms with Crippen molar-refractivity contribution in [1.29, 1.82) is 0 Å². The monoisotopic (exact) mass is 324 g/mol. The number of rotatable bonds is 4. The Hall–Kier alpha value is -1.99. The van der Waals surface area contributed by atoms with E-state index in [0.717, 1.165) is 6.26 Å².